The van der Waals surface area contributed by atoms with Crippen molar-refractivity contribution in [3.8, 4) is 5.75 Å². The van der Waals surface area contributed by atoms with Crippen molar-refractivity contribution in [1.82, 2.24) is 9.62 Å². The molecule has 1 fully saturated rings. The topological polar surface area (TPSA) is 75.7 Å². The molecule has 0 spiro atoms. The van der Waals surface area contributed by atoms with Gasteiger partial charge in [0, 0.05) is 32.1 Å². The molecule has 1 aromatic carbocycles. The molecular weight excluding hydrogens is 311 g/mol. The largest absolute Gasteiger partial charge is 0.480 e. The van der Waals surface area contributed by atoms with Crippen LogP contribution < -0.4 is 10.1 Å². The molecule has 2 aliphatic rings. The zero-order chi connectivity index (χ0) is 15.7. The van der Waals surface area contributed by atoms with Crippen LogP contribution in [-0.4, -0.2) is 50.1 Å². The van der Waals surface area contributed by atoms with Gasteiger partial charge in [0.1, 0.15) is 11.6 Å². The number of hydrogen-bond acceptors (Lipinski definition) is 4. The summed E-state index contributed by atoms with van der Waals surface area (Å²) in [7, 11) is -3.14. The Morgan fingerprint density at radius 1 is 1.45 bits per heavy atom. The lowest BCUT2D eigenvalue weighted by Crippen LogP contribution is -2.41. The molecule has 22 heavy (non-hydrogen) atoms. The van der Waals surface area contributed by atoms with E-state index in [2.05, 4.69) is 5.32 Å². The summed E-state index contributed by atoms with van der Waals surface area (Å²) in [4.78, 5) is 12.0. The number of carbonyl (C=O) groups excluding carboxylic acids is 1. The Balaban J connectivity index is 1.50. The van der Waals surface area contributed by atoms with E-state index in [1.807, 2.05) is 0 Å². The third kappa shape index (κ3) is 3.07. The Morgan fingerprint density at radius 3 is 3.00 bits per heavy atom. The lowest BCUT2D eigenvalue weighted by atomic mass is 10.1. The molecule has 1 amide bonds. The number of nitrogens with one attached hydrogen (secondary N) is 1. The van der Waals surface area contributed by atoms with Gasteiger partial charge in [-0.05, 0) is 18.1 Å². The molecule has 2 aliphatic heterocycles. The molecule has 1 aromatic rings. The van der Waals surface area contributed by atoms with E-state index in [0.717, 1.165) is 5.56 Å². The third-order valence-electron chi connectivity index (χ3n) is 3.86. The number of sulfonamides is 1. The number of amides is 1. The number of nitrogens with zero attached hydrogens (tertiary/aromatic N) is 1. The summed E-state index contributed by atoms with van der Waals surface area (Å²) >= 11 is 0. The maximum atomic E-state index is 13.1. The van der Waals surface area contributed by atoms with Gasteiger partial charge in [0.25, 0.3) is 5.91 Å². The predicted octanol–water partition coefficient (Wildman–Crippen LogP) is 0.281. The summed E-state index contributed by atoms with van der Waals surface area (Å²) in [5, 5.41) is 2.67. The Hall–Kier alpha value is -1.67. The Labute approximate surface area is 128 Å². The molecule has 0 aromatic heterocycles. The monoisotopic (exact) mass is 328 g/mol. The van der Waals surface area contributed by atoms with Gasteiger partial charge in [0.05, 0.1) is 5.75 Å². The van der Waals surface area contributed by atoms with E-state index in [0.29, 0.717) is 25.1 Å². The number of hydrogen-bond donors (Lipinski definition) is 1. The molecular formula is C14H17FN2O4S. The second-order valence-corrected chi connectivity index (χ2v) is 7.51. The van der Waals surface area contributed by atoms with E-state index in [1.165, 1.54) is 16.4 Å². The number of benzene rings is 1. The predicted molar refractivity (Wildman–Crippen MR) is 77.5 cm³/mol. The molecule has 2 heterocycles. The first-order chi connectivity index (χ1) is 10.5. The van der Waals surface area contributed by atoms with Crippen LogP contribution in [0.5, 0.6) is 5.75 Å². The third-order valence-corrected chi connectivity index (χ3v) is 5.82. The van der Waals surface area contributed by atoms with Gasteiger partial charge in [-0.1, -0.05) is 6.07 Å². The highest BCUT2D eigenvalue weighted by molar-refractivity contribution is 7.89. The molecule has 1 unspecified atom stereocenters. The van der Waals surface area contributed by atoms with Gasteiger partial charge < -0.3 is 10.1 Å². The van der Waals surface area contributed by atoms with E-state index in [1.54, 1.807) is 6.07 Å². The van der Waals surface area contributed by atoms with Crippen molar-refractivity contribution in [1.29, 1.82) is 0 Å². The van der Waals surface area contributed by atoms with Crippen molar-refractivity contribution in [3.05, 3.63) is 29.6 Å². The first-order valence-corrected chi connectivity index (χ1v) is 8.77. The fourth-order valence-corrected chi connectivity index (χ4v) is 4.24. The molecule has 0 radical (unpaired) electrons. The summed E-state index contributed by atoms with van der Waals surface area (Å²) in [5.74, 6) is -0.150. The molecule has 0 aliphatic carbocycles. The summed E-state index contributed by atoms with van der Waals surface area (Å²) in [6, 6.07) is 4.20. The van der Waals surface area contributed by atoms with Crippen LogP contribution in [0.15, 0.2) is 18.2 Å². The first kappa shape index (κ1) is 15.2. The lowest BCUT2D eigenvalue weighted by molar-refractivity contribution is -0.127. The summed E-state index contributed by atoms with van der Waals surface area (Å²) in [6.07, 6.45) is 0.332. The van der Waals surface area contributed by atoms with Crippen LogP contribution in [0.4, 0.5) is 4.39 Å². The van der Waals surface area contributed by atoms with Gasteiger partial charge in [-0.3, -0.25) is 4.79 Å². The first-order valence-electron chi connectivity index (χ1n) is 7.16. The number of rotatable bonds is 4. The van der Waals surface area contributed by atoms with Gasteiger partial charge in [-0.25, -0.2) is 17.1 Å². The van der Waals surface area contributed by atoms with Crippen molar-refractivity contribution in [2.24, 2.45) is 0 Å². The van der Waals surface area contributed by atoms with Gasteiger partial charge in [0.15, 0.2) is 6.10 Å². The maximum Gasteiger partial charge on any atom is 0.261 e. The highest BCUT2D eigenvalue weighted by Gasteiger charge is 2.30. The lowest BCUT2D eigenvalue weighted by Gasteiger charge is -2.16. The minimum absolute atomic E-state index is 0.174. The Kier molecular flexibility index (Phi) is 4.05. The fourth-order valence-electron chi connectivity index (χ4n) is 2.71. The van der Waals surface area contributed by atoms with E-state index in [9.17, 15) is 17.6 Å². The van der Waals surface area contributed by atoms with Crippen LogP contribution in [0.25, 0.3) is 0 Å². The molecule has 1 N–H and O–H groups in total. The SMILES string of the molecule is O=C(NCCN1CCCS1(=O)=O)C1Cc2ccc(F)cc2O1. The molecule has 1 atom stereocenters. The van der Waals surface area contributed by atoms with Gasteiger partial charge >= 0.3 is 0 Å². The molecule has 6 nitrogen and oxygen atoms in total. The van der Waals surface area contributed by atoms with Crippen LogP contribution in [0, 0.1) is 5.82 Å². The molecule has 0 bridgehead atoms. The van der Waals surface area contributed by atoms with E-state index < -0.39 is 21.9 Å². The van der Waals surface area contributed by atoms with Crippen LogP contribution in [0.3, 0.4) is 0 Å². The van der Waals surface area contributed by atoms with Gasteiger partial charge in [-0.2, -0.15) is 0 Å². The zero-order valence-electron chi connectivity index (χ0n) is 11.9. The van der Waals surface area contributed by atoms with Crippen LogP contribution in [0.1, 0.15) is 12.0 Å². The van der Waals surface area contributed by atoms with Crippen LogP contribution >= 0.6 is 0 Å². The summed E-state index contributed by atoms with van der Waals surface area (Å²) in [5.41, 5.74) is 0.795. The smallest absolute Gasteiger partial charge is 0.261 e. The van der Waals surface area contributed by atoms with Gasteiger partial charge in [-0.15, -0.1) is 0 Å². The number of carbonyl (C=O) groups is 1. The van der Waals surface area contributed by atoms with Crippen molar-refractivity contribution in [3.63, 3.8) is 0 Å². The minimum atomic E-state index is -3.14. The fraction of sp³-hybridized carbons (Fsp3) is 0.500. The van der Waals surface area contributed by atoms with E-state index >= 15 is 0 Å². The zero-order valence-corrected chi connectivity index (χ0v) is 12.7. The molecule has 0 saturated carbocycles. The number of fused-ring (bicyclic) bond motifs is 1. The van der Waals surface area contributed by atoms with E-state index in [-0.39, 0.29) is 24.7 Å². The van der Waals surface area contributed by atoms with Crippen molar-refractivity contribution in [2.75, 3.05) is 25.4 Å². The minimum Gasteiger partial charge on any atom is -0.480 e. The van der Waals surface area contributed by atoms with E-state index in [4.69, 9.17) is 4.74 Å². The molecule has 8 heteroatoms. The summed E-state index contributed by atoms with van der Waals surface area (Å²) < 4.78 is 43.2. The Morgan fingerprint density at radius 2 is 2.27 bits per heavy atom. The molecule has 120 valence electrons. The van der Waals surface area contributed by atoms with Crippen LogP contribution in [-0.2, 0) is 21.2 Å². The van der Waals surface area contributed by atoms with Crippen LogP contribution in [0.2, 0.25) is 0 Å². The molecule has 3 rings (SSSR count). The highest BCUT2D eigenvalue weighted by atomic mass is 32.2. The Bertz CT molecular complexity index is 692. The normalized spacial score (nSPS) is 23.0. The van der Waals surface area contributed by atoms with Crippen molar-refractivity contribution < 1.29 is 22.3 Å². The standard InChI is InChI=1S/C14H17FN2O4S/c15-11-3-2-10-8-13(21-12(10)9-11)14(18)16-4-6-17-5-1-7-22(17,19)20/h2-3,9,13H,1,4-8H2,(H,16,18). The average molecular weight is 328 g/mol. The summed E-state index contributed by atoms with van der Waals surface area (Å²) in [6.45, 7) is 1.01. The second-order valence-electron chi connectivity index (χ2n) is 5.42. The number of ether oxygens (including phenoxy) is 1. The second kappa shape index (κ2) is 5.85. The highest BCUT2D eigenvalue weighted by Crippen LogP contribution is 2.29. The quantitative estimate of drug-likeness (QED) is 0.861. The number of halogens is 1. The molecule has 1 saturated heterocycles. The van der Waals surface area contributed by atoms with Gasteiger partial charge in [0.2, 0.25) is 10.0 Å². The maximum absolute atomic E-state index is 13.1. The van der Waals surface area contributed by atoms with Crippen molar-refractivity contribution in [2.45, 2.75) is 18.9 Å². The van der Waals surface area contributed by atoms with Crippen molar-refractivity contribution >= 4 is 15.9 Å². The average Bonchev–Trinajstić information content (AvgIpc) is 3.01.